The number of anilines is 1. The van der Waals surface area contributed by atoms with Crippen LogP contribution in [0.2, 0.25) is 0 Å². The van der Waals surface area contributed by atoms with E-state index in [9.17, 15) is 4.79 Å². The maximum Gasteiger partial charge on any atom is 0.226 e. The average molecular weight is 322 g/mol. The topological polar surface area (TPSA) is 59.8 Å². The van der Waals surface area contributed by atoms with Crippen LogP contribution in [0.15, 0.2) is 42.5 Å². The minimum atomic E-state index is -0.0594. The van der Waals surface area contributed by atoms with Gasteiger partial charge in [-0.15, -0.1) is 10.2 Å². The second-order valence-corrected chi connectivity index (χ2v) is 6.58. The summed E-state index contributed by atoms with van der Waals surface area (Å²) >= 11 is 0. The van der Waals surface area contributed by atoms with Gasteiger partial charge in [-0.3, -0.25) is 4.79 Å². The normalized spacial score (nSPS) is 11.4. The van der Waals surface area contributed by atoms with Crippen molar-refractivity contribution in [3.63, 3.8) is 0 Å². The SMILES string of the molecule is CC(C)C(=O)Nc1ccc2nn(-c3ccc(C(C)C)cc3)nc2c1. The lowest BCUT2D eigenvalue weighted by Crippen LogP contribution is -2.17. The molecule has 0 radical (unpaired) electrons. The Morgan fingerprint density at radius 3 is 2.25 bits per heavy atom. The van der Waals surface area contributed by atoms with Crippen molar-refractivity contribution in [3.8, 4) is 5.69 Å². The highest BCUT2D eigenvalue weighted by atomic mass is 16.1. The summed E-state index contributed by atoms with van der Waals surface area (Å²) in [6, 6.07) is 13.8. The number of hydrogen-bond donors (Lipinski definition) is 1. The number of nitrogens with one attached hydrogen (secondary N) is 1. The fourth-order valence-corrected chi connectivity index (χ4v) is 2.39. The highest BCUT2D eigenvalue weighted by molar-refractivity contribution is 5.94. The van der Waals surface area contributed by atoms with E-state index < -0.39 is 0 Å². The molecule has 0 unspecified atom stereocenters. The summed E-state index contributed by atoms with van der Waals surface area (Å²) in [5.41, 5.74) is 4.50. The number of fused-ring (bicyclic) bond motifs is 1. The Morgan fingerprint density at radius 2 is 1.62 bits per heavy atom. The lowest BCUT2D eigenvalue weighted by atomic mass is 10.0. The predicted octanol–water partition coefficient (Wildman–Crippen LogP) is 4.14. The summed E-state index contributed by atoms with van der Waals surface area (Å²) in [6.45, 7) is 8.07. The smallest absolute Gasteiger partial charge is 0.226 e. The van der Waals surface area contributed by atoms with Gasteiger partial charge in [-0.05, 0) is 41.8 Å². The third-order valence-electron chi connectivity index (χ3n) is 3.96. The molecule has 0 bridgehead atoms. The third kappa shape index (κ3) is 3.30. The number of carbonyl (C=O) groups is 1. The van der Waals surface area contributed by atoms with Gasteiger partial charge in [-0.1, -0.05) is 39.8 Å². The number of benzene rings is 2. The lowest BCUT2D eigenvalue weighted by Gasteiger charge is -2.06. The first-order valence-corrected chi connectivity index (χ1v) is 8.22. The van der Waals surface area contributed by atoms with Gasteiger partial charge in [-0.25, -0.2) is 0 Å². The van der Waals surface area contributed by atoms with Crippen molar-refractivity contribution in [2.75, 3.05) is 5.32 Å². The molecule has 124 valence electrons. The van der Waals surface area contributed by atoms with Gasteiger partial charge in [0.15, 0.2) is 0 Å². The van der Waals surface area contributed by atoms with Crippen molar-refractivity contribution in [3.05, 3.63) is 48.0 Å². The Hall–Kier alpha value is -2.69. The second kappa shape index (κ2) is 6.43. The van der Waals surface area contributed by atoms with Gasteiger partial charge in [0.2, 0.25) is 5.91 Å². The molecular weight excluding hydrogens is 300 g/mol. The second-order valence-electron chi connectivity index (χ2n) is 6.58. The van der Waals surface area contributed by atoms with Gasteiger partial charge < -0.3 is 5.32 Å². The van der Waals surface area contributed by atoms with Crippen LogP contribution in [0.5, 0.6) is 0 Å². The van der Waals surface area contributed by atoms with Crippen LogP contribution < -0.4 is 5.32 Å². The standard InChI is InChI=1S/C19H22N4O/c1-12(2)14-5-8-16(9-6-14)23-21-17-10-7-15(11-18(17)22-23)20-19(24)13(3)4/h5-13H,1-4H3,(H,20,24). The van der Waals surface area contributed by atoms with Gasteiger partial charge >= 0.3 is 0 Å². The molecular formula is C19H22N4O. The van der Waals surface area contributed by atoms with E-state index >= 15 is 0 Å². The van der Waals surface area contributed by atoms with Crippen LogP contribution in [0.3, 0.4) is 0 Å². The van der Waals surface area contributed by atoms with Crippen LogP contribution in [0.4, 0.5) is 5.69 Å². The quantitative estimate of drug-likeness (QED) is 0.785. The summed E-state index contributed by atoms with van der Waals surface area (Å²) in [5.74, 6) is 0.428. The molecule has 0 aliphatic carbocycles. The fraction of sp³-hybridized carbons (Fsp3) is 0.316. The van der Waals surface area contributed by atoms with Gasteiger partial charge in [-0.2, -0.15) is 4.80 Å². The van der Waals surface area contributed by atoms with Crippen molar-refractivity contribution in [1.29, 1.82) is 0 Å². The largest absolute Gasteiger partial charge is 0.326 e. The zero-order valence-electron chi connectivity index (χ0n) is 14.4. The molecule has 0 fully saturated rings. The minimum absolute atomic E-state index is 0.00832. The average Bonchev–Trinajstić information content (AvgIpc) is 2.98. The number of carbonyl (C=O) groups excluding carboxylic acids is 1. The van der Waals surface area contributed by atoms with E-state index in [1.165, 1.54) is 5.56 Å². The molecule has 5 heteroatoms. The maximum absolute atomic E-state index is 11.8. The number of amides is 1. The fourth-order valence-electron chi connectivity index (χ4n) is 2.39. The van der Waals surface area contributed by atoms with Crippen LogP contribution in [0.1, 0.15) is 39.2 Å². The summed E-state index contributed by atoms with van der Waals surface area (Å²) < 4.78 is 0. The van der Waals surface area contributed by atoms with Gasteiger partial charge in [0.1, 0.15) is 11.0 Å². The van der Waals surface area contributed by atoms with Crippen LogP contribution >= 0.6 is 0 Å². The molecule has 0 aliphatic rings. The Kier molecular flexibility index (Phi) is 4.34. The highest BCUT2D eigenvalue weighted by Gasteiger charge is 2.10. The first-order chi connectivity index (χ1) is 11.4. The Balaban J connectivity index is 1.89. The summed E-state index contributed by atoms with van der Waals surface area (Å²) in [4.78, 5) is 13.4. The Morgan fingerprint density at radius 1 is 0.958 bits per heavy atom. The van der Waals surface area contributed by atoms with Crippen molar-refractivity contribution in [1.82, 2.24) is 15.0 Å². The molecule has 2 aromatic carbocycles. The molecule has 3 aromatic rings. The maximum atomic E-state index is 11.8. The van der Waals surface area contributed by atoms with Crippen molar-refractivity contribution in [2.24, 2.45) is 5.92 Å². The van der Waals surface area contributed by atoms with E-state index in [-0.39, 0.29) is 11.8 Å². The summed E-state index contributed by atoms with van der Waals surface area (Å²) in [7, 11) is 0. The van der Waals surface area contributed by atoms with Crippen molar-refractivity contribution in [2.45, 2.75) is 33.6 Å². The van der Waals surface area contributed by atoms with Crippen molar-refractivity contribution >= 4 is 22.6 Å². The molecule has 24 heavy (non-hydrogen) atoms. The number of rotatable bonds is 4. The van der Waals surface area contributed by atoms with Crippen molar-refractivity contribution < 1.29 is 4.79 Å². The van der Waals surface area contributed by atoms with Gasteiger partial charge in [0, 0.05) is 11.6 Å². The van der Waals surface area contributed by atoms with E-state index in [2.05, 4.69) is 41.5 Å². The molecule has 1 heterocycles. The van der Waals surface area contributed by atoms with Crippen LogP contribution in [0, 0.1) is 5.92 Å². The van der Waals surface area contributed by atoms with Gasteiger partial charge in [0.25, 0.3) is 0 Å². The van der Waals surface area contributed by atoms with Gasteiger partial charge in [0.05, 0.1) is 5.69 Å². The molecule has 0 atom stereocenters. The molecule has 3 rings (SSSR count). The van der Waals surface area contributed by atoms with Crippen LogP contribution in [-0.2, 0) is 4.79 Å². The Bertz CT molecular complexity index is 863. The van der Waals surface area contributed by atoms with Crippen LogP contribution in [0.25, 0.3) is 16.7 Å². The third-order valence-corrected chi connectivity index (χ3v) is 3.96. The molecule has 0 spiro atoms. The summed E-state index contributed by atoms with van der Waals surface area (Å²) in [5, 5.41) is 11.9. The number of hydrogen-bond acceptors (Lipinski definition) is 3. The van der Waals surface area contributed by atoms with Crippen LogP contribution in [-0.4, -0.2) is 20.9 Å². The lowest BCUT2D eigenvalue weighted by molar-refractivity contribution is -0.118. The molecule has 1 N–H and O–H groups in total. The molecule has 5 nitrogen and oxygen atoms in total. The number of nitrogens with zero attached hydrogens (tertiary/aromatic N) is 3. The van der Waals surface area contributed by atoms with E-state index in [4.69, 9.17) is 0 Å². The zero-order chi connectivity index (χ0) is 17.3. The van der Waals surface area contributed by atoms with E-state index in [1.807, 2.05) is 44.2 Å². The molecule has 1 amide bonds. The summed E-state index contributed by atoms with van der Waals surface area (Å²) in [6.07, 6.45) is 0. The predicted molar refractivity (Wildman–Crippen MR) is 96.4 cm³/mol. The zero-order valence-corrected chi connectivity index (χ0v) is 14.4. The van der Waals surface area contributed by atoms with E-state index in [0.717, 1.165) is 22.4 Å². The first-order valence-electron chi connectivity index (χ1n) is 8.22. The Labute approximate surface area is 141 Å². The minimum Gasteiger partial charge on any atom is -0.326 e. The molecule has 1 aromatic heterocycles. The highest BCUT2D eigenvalue weighted by Crippen LogP contribution is 2.20. The molecule has 0 aliphatic heterocycles. The van der Waals surface area contributed by atoms with E-state index in [1.54, 1.807) is 4.80 Å². The monoisotopic (exact) mass is 322 g/mol. The first kappa shape index (κ1) is 16.2. The molecule has 0 saturated heterocycles. The molecule has 0 saturated carbocycles. The van der Waals surface area contributed by atoms with E-state index in [0.29, 0.717) is 5.92 Å². The number of aromatic nitrogens is 3.